The summed E-state index contributed by atoms with van der Waals surface area (Å²) in [6.45, 7) is 8.15. The Bertz CT molecular complexity index is 1530. The van der Waals surface area contributed by atoms with E-state index in [0.717, 1.165) is 24.0 Å². The van der Waals surface area contributed by atoms with Crippen molar-refractivity contribution in [2.24, 2.45) is 24.4 Å². The van der Waals surface area contributed by atoms with Crippen molar-refractivity contribution >= 4 is 37.7 Å². The molecule has 1 N–H and O–H groups in total. The van der Waals surface area contributed by atoms with Crippen LogP contribution in [-0.4, -0.2) is 60.5 Å². The highest BCUT2D eigenvalue weighted by Gasteiger charge is 2.41. The maximum Gasteiger partial charge on any atom is 0.419 e. The fourth-order valence-electron chi connectivity index (χ4n) is 3.62. The minimum atomic E-state index is -4.66. The van der Waals surface area contributed by atoms with Crippen LogP contribution in [-0.2, 0) is 67.1 Å². The van der Waals surface area contributed by atoms with Crippen molar-refractivity contribution in [1.82, 2.24) is 19.6 Å². The van der Waals surface area contributed by atoms with Gasteiger partial charge in [0, 0.05) is 52.0 Å². The number of thioether (sulfide) groups is 1. The molecule has 2 aliphatic rings. The monoisotopic (exact) mass is 694 g/mol. The van der Waals surface area contributed by atoms with E-state index < -0.39 is 56.3 Å². The Labute approximate surface area is 258 Å². The van der Waals surface area contributed by atoms with Gasteiger partial charge in [-0.25, -0.2) is 13.2 Å². The van der Waals surface area contributed by atoms with Crippen molar-refractivity contribution in [2.45, 2.75) is 82.5 Å². The van der Waals surface area contributed by atoms with Crippen LogP contribution in [0.1, 0.15) is 70.0 Å². The third-order valence-corrected chi connectivity index (χ3v) is 8.11. The molecular weight excluding hydrogens is 662 g/mol. The highest BCUT2D eigenvalue weighted by atomic mass is 32.2. The largest absolute Gasteiger partial charge is 0.419 e. The number of aryl methyl sites for hydroxylation is 2. The number of carbonyl (C=O) groups excluding carboxylic acids is 1. The summed E-state index contributed by atoms with van der Waals surface area (Å²) in [6, 6.07) is 0. The Hall–Kier alpha value is -3.33. The van der Waals surface area contributed by atoms with Crippen molar-refractivity contribution in [3.8, 4) is 0 Å². The van der Waals surface area contributed by atoms with Crippen molar-refractivity contribution in [2.75, 3.05) is 0 Å². The normalized spacial score (nSPS) is 17.1. The van der Waals surface area contributed by atoms with Gasteiger partial charge >= 0.3 is 18.3 Å². The average molecular weight is 695 g/mol. The summed E-state index contributed by atoms with van der Waals surface area (Å²) in [5.74, 6) is -1.42. The van der Waals surface area contributed by atoms with Gasteiger partial charge in [-0.2, -0.15) is 41.8 Å². The molecule has 0 saturated carbocycles. The van der Waals surface area contributed by atoms with Gasteiger partial charge in [0.1, 0.15) is 22.0 Å². The molecule has 45 heavy (non-hydrogen) atoms. The lowest BCUT2D eigenvalue weighted by Gasteiger charge is -2.13. The van der Waals surface area contributed by atoms with E-state index in [1.807, 2.05) is 13.8 Å². The van der Waals surface area contributed by atoms with E-state index in [1.54, 1.807) is 13.8 Å². The van der Waals surface area contributed by atoms with Crippen LogP contribution < -0.4 is 0 Å². The Balaban J connectivity index is 0.000000274. The number of halogens is 6. The van der Waals surface area contributed by atoms with Gasteiger partial charge in [0.15, 0.2) is 5.04 Å². The molecule has 254 valence electrons. The van der Waals surface area contributed by atoms with Gasteiger partial charge < -0.3 is 14.6 Å². The quantitative estimate of drug-likeness (QED) is 0.260. The second-order valence-corrected chi connectivity index (χ2v) is 14.0. The summed E-state index contributed by atoms with van der Waals surface area (Å²) in [6.07, 6.45) is -6.67. The Morgan fingerprint density at radius 3 is 1.78 bits per heavy atom. The summed E-state index contributed by atoms with van der Waals surface area (Å²) in [4.78, 5) is 22.6. The predicted molar refractivity (Wildman–Crippen MR) is 149 cm³/mol. The number of hydrogen-bond donors (Lipinski definition) is 1. The van der Waals surface area contributed by atoms with Crippen molar-refractivity contribution in [3.63, 3.8) is 0 Å². The van der Waals surface area contributed by atoms with E-state index in [1.165, 1.54) is 30.5 Å². The zero-order valence-electron chi connectivity index (χ0n) is 25.1. The zero-order chi connectivity index (χ0) is 34.6. The number of sulfone groups is 1. The second kappa shape index (κ2) is 14.0. The molecule has 0 spiro atoms. The standard InChI is InChI=1S/C11H14F3N3O3S.C11H14F3N3OS.C2H4O3/c1-10(2)4-9(16-20-10)21(18,19)6-8-7(11(12,13)14)5-17(3)15-8;1-10(2)4-9(16-18-10)19-6-8-7(11(12,13)14)5-17(3)15-8;1-2(3)5-4/h5H,4,6H2,1-3H3;5H,4,6H2,1-3H3;4H,1H3. The summed E-state index contributed by atoms with van der Waals surface area (Å²) in [7, 11) is -1.23. The van der Waals surface area contributed by atoms with Gasteiger partial charge in [-0.05, 0) is 27.7 Å². The van der Waals surface area contributed by atoms with E-state index in [9.17, 15) is 39.6 Å². The molecule has 0 radical (unpaired) electrons. The molecule has 2 aromatic rings. The minimum absolute atomic E-state index is 0.0174. The number of rotatable bonds is 4. The number of alkyl halides is 6. The first-order valence-electron chi connectivity index (χ1n) is 12.7. The van der Waals surface area contributed by atoms with Crippen LogP contribution in [0.5, 0.6) is 0 Å². The van der Waals surface area contributed by atoms with Crippen molar-refractivity contribution < 1.29 is 59.4 Å². The molecule has 0 atom stereocenters. The molecule has 0 amide bonds. The number of oxime groups is 2. The lowest BCUT2D eigenvalue weighted by Crippen LogP contribution is -2.24. The van der Waals surface area contributed by atoms with Crippen LogP contribution in [0.4, 0.5) is 26.3 Å². The van der Waals surface area contributed by atoms with Gasteiger partial charge in [0.05, 0.1) is 22.5 Å². The fraction of sp³-hybridized carbons (Fsp3) is 0.625. The topological polar surface area (TPSA) is 159 Å². The summed E-state index contributed by atoms with van der Waals surface area (Å²) in [5, 5.41) is 22.5. The first-order chi connectivity index (χ1) is 20.3. The molecule has 2 aromatic heterocycles. The molecule has 13 nitrogen and oxygen atoms in total. The Kier molecular flexibility index (Phi) is 11.8. The first-order valence-corrected chi connectivity index (χ1v) is 15.4. The Morgan fingerprint density at radius 2 is 1.38 bits per heavy atom. The van der Waals surface area contributed by atoms with Gasteiger partial charge in [0.2, 0.25) is 9.84 Å². The third kappa shape index (κ3) is 11.5. The van der Waals surface area contributed by atoms with Crippen LogP contribution in [0.3, 0.4) is 0 Å². The van der Waals surface area contributed by atoms with E-state index in [0.29, 0.717) is 11.5 Å². The molecule has 2 aliphatic heterocycles. The lowest BCUT2D eigenvalue weighted by molar-refractivity contribution is -0.231. The smallest absolute Gasteiger partial charge is 0.389 e. The van der Waals surface area contributed by atoms with E-state index in [2.05, 4.69) is 25.4 Å². The molecule has 0 fully saturated rings. The van der Waals surface area contributed by atoms with Crippen molar-refractivity contribution in [3.05, 3.63) is 34.9 Å². The zero-order valence-corrected chi connectivity index (χ0v) is 26.8. The van der Waals surface area contributed by atoms with Crippen LogP contribution in [0, 0.1) is 0 Å². The highest BCUT2D eigenvalue weighted by molar-refractivity contribution is 8.13. The van der Waals surface area contributed by atoms with Crippen LogP contribution in [0.15, 0.2) is 22.7 Å². The molecule has 0 aromatic carbocycles. The number of carbonyl (C=O) groups is 1. The van der Waals surface area contributed by atoms with Crippen LogP contribution in [0.2, 0.25) is 0 Å². The minimum Gasteiger partial charge on any atom is -0.389 e. The maximum atomic E-state index is 12.8. The Morgan fingerprint density at radius 1 is 0.933 bits per heavy atom. The molecular formula is C24H32F6N6O7S2. The first kappa shape index (κ1) is 37.9. The number of nitrogens with zero attached hydrogens (tertiary/aromatic N) is 6. The summed E-state index contributed by atoms with van der Waals surface area (Å²) < 4.78 is 103. The molecule has 0 unspecified atom stereocenters. The SMILES string of the molecule is CC(=O)OO.Cn1cc(C(F)(F)F)c(CS(=O)(=O)C2=NOC(C)(C)C2)n1.Cn1cc(C(F)(F)F)c(CSC2=NOC(C)(C)C2)n1. The maximum absolute atomic E-state index is 12.8. The average Bonchev–Trinajstić information content (AvgIpc) is 3.63. The van der Waals surface area contributed by atoms with E-state index >= 15 is 0 Å². The molecule has 0 bridgehead atoms. The number of hydrogen-bond acceptors (Lipinski definition) is 12. The molecule has 21 heteroatoms. The van der Waals surface area contributed by atoms with Crippen LogP contribution in [0.25, 0.3) is 0 Å². The van der Waals surface area contributed by atoms with Crippen molar-refractivity contribution in [1.29, 1.82) is 0 Å². The van der Waals surface area contributed by atoms with Gasteiger partial charge in [-0.3, -0.25) is 9.36 Å². The van der Waals surface area contributed by atoms with E-state index in [4.69, 9.17) is 14.9 Å². The summed E-state index contributed by atoms with van der Waals surface area (Å²) >= 11 is 1.23. The molecule has 0 saturated heterocycles. The predicted octanol–water partition coefficient (Wildman–Crippen LogP) is 5.07. The number of aromatic nitrogens is 4. The van der Waals surface area contributed by atoms with Gasteiger partial charge in [-0.15, -0.1) is 11.8 Å². The second-order valence-electron chi connectivity index (χ2n) is 11.0. The molecule has 0 aliphatic carbocycles. The van der Waals surface area contributed by atoms with Gasteiger partial charge in [-0.1, -0.05) is 10.3 Å². The van der Waals surface area contributed by atoms with E-state index in [-0.39, 0.29) is 28.5 Å². The molecule has 4 heterocycles. The lowest BCUT2D eigenvalue weighted by atomic mass is 10.1. The highest BCUT2D eigenvalue weighted by Crippen LogP contribution is 2.35. The fourth-order valence-corrected chi connectivity index (χ4v) is 6.14. The van der Waals surface area contributed by atoms with Gasteiger partial charge in [0.25, 0.3) is 0 Å². The third-order valence-electron chi connectivity index (χ3n) is 5.55. The van der Waals surface area contributed by atoms with Crippen LogP contribution >= 0.6 is 11.8 Å². The summed E-state index contributed by atoms with van der Waals surface area (Å²) in [5.41, 5.74) is -3.43. The molecule has 4 rings (SSSR count).